The van der Waals surface area contributed by atoms with Crippen molar-refractivity contribution in [3.63, 3.8) is 0 Å². The SMILES string of the molecule is Cc1ccc(N2C(=O)[C@H]3N=NN(CC(=O)N4N=C5/C(=C/c6ccc(Cl)cc6)CCC[C@H]5[C@H]4c4ccc(Cl)cc4)[C@H]3C2=O)cc1. The average Bonchev–Trinajstić information content (AvgIpc) is 3.69. The number of carbonyl (C=O) groups excluding carboxylic acids is 3. The summed E-state index contributed by atoms with van der Waals surface area (Å²) in [5.41, 5.74) is 5.35. The van der Waals surface area contributed by atoms with Gasteiger partial charge in [0, 0.05) is 16.0 Å². The second-order valence-corrected chi connectivity index (χ2v) is 12.4. The quantitative estimate of drug-likeness (QED) is 0.305. The Labute approximate surface area is 264 Å². The molecular formula is C33H28Cl2N6O3. The van der Waals surface area contributed by atoms with Crippen LogP contribution in [-0.4, -0.2) is 52.1 Å². The molecule has 44 heavy (non-hydrogen) atoms. The summed E-state index contributed by atoms with van der Waals surface area (Å²) in [6.45, 7) is 1.68. The Bertz CT molecular complexity index is 1740. The van der Waals surface area contributed by atoms with Crippen LogP contribution in [-0.2, 0) is 14.4 Å². The first-order valence-electron chi connectivity index (χ1n) is 14.5. The van der Waals surface area contributed by atoms with Gasteiger partial charge in [-0.15, -0.1) is 0 Å². The molecule has 1 saturated heterocycles. The highest BCUT2D eigenvalue weighted by Gasteiger charge is 2.55. The predicted molar refractivity (Wildman–Crippen MR) is 168 cm³/mol. The van der Waals surface area contributed by atoms with Crippen LogP contribution >= 0.6 is 23.2 Å². The summed E-state index contributed by atoms with van der Waals surface area (Å²) in [6.07, 6.45) is 4.75. The maximum Gasteiger partial charge on any atom is 0.264 e. The van der Waals surface area contributed by atoms with Crippen molar-refractivity contribution >= 4 is 58.4 Å². The van der Waals surface area contributed by atoms with E-state index in [-0.39, 0.29) is 24.4 Å². The number of fused-ring (bicyclic) bond motifs is 2. The summed E-state index contributed by atoms with van der Waals surface area (Å²) >= 11 is 12.3. The van der Waals surface area contributed by atoms with Crippen LogP contribution in [0.1, 0.15) is 42.0 Å². The van der Waals surface area contributed by atoms with Crippen LogP contribution in [0, 0.1) is 12.8 Å². The number of halogens is 2. The number of amides is 3. The van der Waals surface area contributed by atoms with E-state index in [4.69, 9.17) is 28.3 Å². The Morgan fingerprint density at radius 3 is 2.30 bits per heavy atom. The largest absolute Gasteiger partial charge is 0.271 e. The molecule has 3 heterocycles. The predicted octanol–water partition coefficient (Wildman–Crippen LogP) is 6.42. The second-order valence-electron chi connectivity index (χ2n) is 11.5. The van der Waals surface area contributed by atoms with E-state index in [1.165, 1.54) is 10.0 Å². The standard InChI is InChI=1S/C33H28Cl2N6O3/c1-19-5-15-25(16-6-19)40-32(43)29-31(33(40)44)39(38-36-29)18-27(42)41-30(21-9-13-24(35)14-10-21)26-4-2-3-22(28(26)37-41)17-20-7-11-23(34)12-8-20/h5-17,26,29-31H,2-4,18H2,1H3/b22-17+/t26-,29+,30-,31-/m1/s1. The molecule has 3 aliphatic heterocycles. The lowest BCUT2D eigenvalue weighted by Gasteiger charge is -2.30. The molecule has 3 aromatic carbocycles. The maximum atomic E-state index is 14.1. The van der Waals surface area contributed by atoms with Crippen LogP contribution in [0.5, 0.6) is 0 Å². The summed E-state index contributed by atoms with van der Waals surface area (Å²) in [4.78, 5) is 41.9. The first-order valence-corrected chi connectivity index (χ1v) is 15.3. The van der Waals surface area contributed by atoms with Crippen molar-refractivity contribution in [2.45, 2.75) is 44.3 Å². The Morgan fingerprint density at radius 1 is 0.909 bits per heavy atom. The van der Waals surface area contributed by atoms with Gasteiger partial charge in [0.05, 0.1) is 17.4 Å². The summed E-state index contributed by atoms with van der Waals surface area (Å²) in [5, 5.41) is 17.3. The van der Waals surface area contributed by atoms with Gasteiger partial charge in [-0.1, -0.05) is 70.4 Å². The van der Waals surface area contributed by atoms with Crippen LogP contribution in [0.15, 0.2) is 93.8 Å². The summed E-state index contributed by atoms with van der Waals surface area (Å²) in [5.74, 6) is -1.27. The molecule has 0 radical (unpaired) electrons. The van der Waals surface area contributed by atoms with Crippen LogP contribution in [0.3, 0.4) is 0 Å². The fourth-order valence-corrected chi connectivity index (χ4v) is 6.73. The first-order chi connectivity index (χ1) is 21.3. The smallest absolute Gasteiger partial charge is 0.264 e. The number of imide groups is 1. The lowest BCUT2D eigenvalue weighted by atomic mass is 9.77. The van der Waals surface area contributed by atoms with Gasteiger partial charge in [0.25, 0.3) is 17.7 Å². The topological polar surface area (TPSA) is 98.0 Å². The molecule has 11 heteroatoms. The molecule has 3 aromatic rings. The zero-order valence-electron chi connectivity index (χ0n) is 23.8. The lowest BCUT2D eigenvalue weighted by Crippen LogP contribution is -2.45. The zero-order chi connectivity index (χ0) is 30.5. The number of allylic oxidation sites excluding steroid dienone is 1. The summed E-state index contributed by atoms with van der Waals surface area (Å²) in [7, 11) is 0. The van der Waals surface area contributed by atoms with Crippen LogP contribution < -0.4 is 4.90 Å². The van der Waals surface area contributed by atoms with Gasteiger partial charge in [-0.3, -0.25) is 19.4 Å². The molecule has 4 aliphatic rings. The molecule has 1 aliphatic carbocycles. The highest BCUT2D eigenvalue weighted by molar-refractivity contribution is 6.31. The lowest BCUT2D eigenvalue weighted by molar-refractivity contribution is -0.136. The van der Waals surface area contributed by atoms with Crippen LogP contribution in [0.25, 0.3) is 6.08 Å². The zero-order valence-corrected chi connectivity index (χ0v) is 25.3. The Balaban J connectivity index is 1.18. The molecule has 0 aromatic heterocycles. The van der Waals surface area contributed by atoms with E-state index in [0.29, 0.717) is 15.7 Å². The number of rotatable bonds is 5. The van der Waals surface area contributed by atoms with Crippen molar-refractivity contribution < 1.29 is 14.4 Å². The normalized spacial score (nSPS) is 25.1. The van der Waals surface area contributed by atoms with E-state index < -0.39 is 23.9 Å². The Kier molecular flexibility index (Phi) is 7.30. The van der Waals surface area contributed by atoms with Gasteiger partial charge in [0.2, 0.25) is 0 Å². The molecule has 9 nitrogen and oxygen atoms in total. The van der Waals surface area contributed by atoms with E-state index in [1.54, 1.807) is 12.1 Å². The molecule has 0 spiro atoms. The number of nitrogens with zero attached hydrogens (tertiary/aromatic N) is 6. The van der Waals surface area contributed by atoms with E-state index >= 15 is 0 Å². The molecule has 3 amide bonds. The van der Waals surface area contributed by atoms with Crippen LogP contribution in [0.2, 0.25) is 10.0 Å². The van der Waals surface area contributed by atoms with Gasteiger partial charge < -0.3 is 0 Å². The minimum atomic E-state index is -0.995. The average molecular weight is 628 g/mol. The molecular weight excluding hydrogens is 599 g/mol. The van der Waals surface area contributed by atoms with Crippen LogP contribution in [0.4, 0.5) is 5.69 Å². The summed E-state index contributed by atoms with van der Waals surface area (Å²) < 4.78 is 0. The Hall–Kier alpha value is -4.34. The van der Waals surface area contributed by atoms with Crippen molar-refractivity contribution in [3.8, 4) is 0 Å². The monoisotopic (exact) mass is 626 g/mol. The van der Waals surface area contributed by atoms with Gasteiger partial charge >= 0.3 is 0 Å². The number of benzene rings is 3. The third-order valence-corrected chi connectivity index (χ3v) is 9.13. The fourth-order valence-electron chi connectivity index (χ4n) is 6.47. The first kappa shape index (κ1) is 28.4. The molecule has 0 unspecified atom stereocenters. The van der Waals surface area contributed by atoms with E-state index in [0.717, 1.165) is 52.1 Å². The molecule has 4 atom stereocenters. The van der Waals surface area contributed by atoms with Gasteiger partial charge in [0.15, 0.2) is 12.1 Å². The molecule has 0 N–H and O–H groups in total. The van der Waals surface area contributed by atoms with Gasteiger partial charge in [0.1, 0.15) is 6.54 Å². The van der Waals surface area contributed by atoms with Gasteiger partial charge in [-0.05, 0) is 85.4 Å². The van der Waals surface area contributed by atoms with E-state index in [9.17, 15) is 14.4 Å². The molecule has 2 fully saturated rings. The van der Waals surface area contributed by atoms with E-state index in [2.05, 4.69) is 16.4 Å². The maximum absolute atomic E-state index is 14.1. The third kappa shape index (κ3) is 5.00. The van der Waals surface area contributed by atoms with Gasteiger partial charge in [-0.2, -0.15) is 10.2 Å². The summed E-state index contributed by atoms with van der Waals surface area (Å²) in [6, 6.07) is 19.9. The number of hydrogen-bond donors (Lipinski definition) is 0. The molecule has 1 saturated carbocycles. The van der Waals surface area contributed by atoms with Crippen molar-refractivity contribution in [3.05, 3.63) is 105 Å². The highest BCUT2D eigenvalue weighted by atomic mass is 35.5. The molecule has 222 valence electrons. The highest BCUT2D eigenvalue weighted by Crippen LogP contribution is 2.45. The fraction of sp³-hybridized carbons (Fsp3) is 0.273. The molecule has 0 bridgehead atoms. The third-order valence-electron chi connectivity index (χ3n) is 8.63. The minimum Gasteiger partial charge on any atom is -0.271 e. The van der Waals surface area contributed by atoms with Crippen molar-refractivity contribution in [1.82, 2.24) is 10.0 Å². The van der Waals surface area contributed by atoms with Gasteiger partial charge in [-0.25, -0.2) is 9.91 Å². The molecule has 7 rings (SSSR count). The second kappa shape index (κ2) is 11.3. The number of anilines is 1. The number of carbonyl (C=O) groups is 3. The number of aryl methyl sites for hydroxylation is 1. The number of hydrazone groups is 1. The minimum absolute atomic E-state index is 0.0212. The van der Waals surface area contributed by atoms with E-state index in [1.807, 2.05) is 67.6 Å². The Morgan fingerprint density at radius 2 is 1.59 bits per heavy atom. The van der Waals surface area contributed by atoms with Crippen molar-refractivity contribution in [2.24, 2.45) is 21.4 Å². The van der Waals surface area contributed by atoms with Crippen molar-refractivity contribution in [2.75, 3.05) is 11.4 Å². The van der Waals surface area contributed by atoms with Crippen molar-refractivity contribution in [1.29, 1.82) is 0 Å². The number of hydrogen-bond acceptors (Lipinski definition) is 7.